The normalized spacial score (nSPS) is 11.5. The lowest BCUT2D eigenvalue weighted by molar-refractivity contribution is -0.384. The lowest BCUT2D eigenvalue weighted by Crippen LogP contribution is -2.13. The van der Waals surface area contributed by atoms with Crippen molar-refractivity contribution < 1.29 is 13.3 Å². The molecule has 0 saturated heterocycles. The molecule has 11 heteroatoms. The molecule has 28 heavy (non-hydrogen) atoms. The summed E-state index contributed by atoms with van der Waals surface area (Å²) in [5.74, 6) is 0. The van der Waals surface area contributed by atoms with Crippen molar-refractivity contribution in [1.82, 2.24) is 0 Å². The minimum atomic E-state index is -4.02. The molecule has 0 unspecified atom stereocenters. The second-order valence-electron chi connectivity index (χ2n) is 5.48. The van der Waals surface area contributed by atoms with Crippen LogP contribution in [0.4, 0.5) is 17.1 Å². The Morgan fingerprint density at radius 2 is 1.89 bits per heavy atom. The summed E-state index contributed by atoms with van der Waals surface area (Å²) in [6.07, 6.45) is 1.51. The van der Waals surface area contributed by atoms with Gasteiger partial charge in [0.2, 0.25) is 0 Å². The number of benzene rings is 2. The predicted molar refractivity (Wildman–Crippen MR) is 111 cm³/mol. The highest BCUT2D eigenvalue weighted by Crippen LogP contribution is 2.28. The molecule has 8 nitrogen and oxygen atoms in total. The summed E-state index contributed by atoms with van der Waals surface area (Å²) in [4.78, 5) is 10.4. The first-order valence-corrected chi connectivity index (χ1v) is 10.5. The molecule has 1 aromatic heterocycles. The van der Waals surface area contributed by atoms with Crippen molar-refractivity contribution in [2.45, 2.75) is 4.90 Å². The number of nitrogens with zero attached hydrogens (tertiary/aromatic N) is 2. The fourth-order valence-electron chi connectivity index (χ4n) is 2.18. The molecule has 3 rings (SSSR count). The molecule has 0 saturated carbocycles. The number of nitro benzene ring substituents is 1. The van der Waals surface area contributed by atoms with Crippen LogP contribution in [0.1, 0.15) is 5.56 Å². The van der Waals surface area contributed by atoms with Gasteiger partial charge in [0, 0.05) is 22.3 Å². The number of nitro groups is 1. The van der Waals surface area contributed by atoms with Crippen molar-refractivity contribution in [2.75, 3.05) is 10.1 Å². The SMILES string of the molecule is O=[N+]([O-])c1cc(S(=O)(=O)Nc2ccc(Cl)cc2)ccc1NN=Cc1ccsc1. The van der Waals surface area contributed by atoms with E-state index in [1.807, 2.05) is 16.8 Å². The fourth-order valence-corrected chi connectivity index (χ4v) is 4.00. The third kappa shape index (κ3) is 4.85. The van der Waals surface area contributed by atoms with Crippen LogP contribution in [0.25, 0.3) is 0 Å². The zero-order chi connectivity index (χ0) is 20.1. The summed E-state index contributed by atoms with van der Waals surface area (Å²) in [7, 11) is -4.02. The van der Waals surface area contributed by atoms with Crippen LogP contribution >= 0.6 is 22.9 Å². The zero-order valence-corrected chi connectivity index (χ0v) is 16.5. The third-order valence-corrected chi connectivity index (χ3v) is 5.85. The Kier molecular flexibility index (Phi) is 5.93. The van der Waals surface area contributed by atoms with Crippen LogP contribution in [-0.2, 0) is 10.0 Å². The van der Waals surface area contributed by atoms with Crippen LogP contribution in [0.3, 0.4) is 0 Å². The van der Waals surface area contributed by atoms with Gasteiger partial charge in [-0.05, 0) is 53.2 Å². The number of sulfonamides is 1. The monoisotopic (exact) mass is 436 g/mol. The number of thiophene rings is 1. The van der Waals surface area contributed by atoms with Crippen molar-refractivity contribution in [3.63, 3.8) is 0 Å². The Morgan fingerprint density at radius 3 is 2.54 bits per heavy atom. The highest BCUT2D eigenvalue weighted by Gasteiger charge is 2.21. The minimum absolute atomic E-state index is 0.0712. The van der Waals surface area contributed by atoms with Crippen molar-refractivity contribution >= 4 is 56.2 Å². The van der Waals surface area contributed by atoms with E-state index < -0.39 is 20.6 Å². The predicted octanol–water partition coefficient (Wildman–Crippen LogP) is 4.56. The summed E-state index contributed by atoms with van der Waals surface area (Å²) in [6, 6.07) is 11.4. The minimum Gasteiger partial charge on any atom is -0.280 e. The van der Waals surface area contributed by atoms with E-state index in [4.69, 9.17) is 11.6 Å². The number of hydrogen-bond acceptors (Lipinski definition) is 7. The summed E-state index contributed by atoms with van der Waals surface area (Å²) in [6.45, 7) is 0. The highest BCUT2D eigenvalue weighted by molar-refractivity contribution is 7.92. The topological polar surface area (TPSA) is 114 Å². The van der Waals surface area contributed by atoms with Gasteiger partial charge in [-0.2, -0.15) is 16.4 Å². The van der Waals surface area contributed by atoms with Crippen LogP contribution in [0.5, 0.6) is 0 Å². The van der Waals surface area contributed by atoms with Gasteiger partial charge in [0.05, 0.1) is 16.0 Å². The van der Waals surface area contributed by atoms with E-state index >= 15 is 0 Å². The molecule has 0 aliphatic heterocycles. The maximum Gasteiger partial charge on any atom is 0.295 e. The molecule has 0 atom stereocenters. The first-order valence-electron chi connectivity index (χ1n) is 7.73. The average Bonchev–Trinajstić information content (AvgIpc) is 3.17. The van der Waals surface area contributed by atoms with E-state index in [9.17, 15) is 18.5 Å². The molecule has 2 aromatic carbocycles. The molecule has 1 heterocycles. The number of halogens is 1. The molecule has 0 fully saturated rings. The maximum absolute atomic E-state index is 12.5. The van der Waals surface area contributed by atoms with Crippen molar-refractivity contribution in [2.24, 2.45) is 5.10 Å². The van der Waals surface area contributed by atoms with Crippen LogP contribution in [-0.4, -0.2) is 19.6 Å². The van der Waals surface area contributed by atoms with Crippen LogP contribution in [0.2, 0.25) is 5.02 Å². The van der Waals surface area contributed by atoms with E-state index in [0.29, 0.717) is 5.02 Å². The van der Waals surface area contributed by atoms with E-state index in [-0.39, 0.29) is 16.3 Å². The van der Waals surface area contributed by atoms with Gasteiger partial charge in [0.25, 0.3) is 15.7 Å². The van der Waals surface area contributed by atoms with E-state index in [2.05, 4.69) is 15.2 Å². The molecule has 3 aromatic rings. The molecule has 2 N–H and O–H groups in total. The van der Waals surface area contributed by atoms with Gasteiger partial charge in [0.15, 0.2) is 0 Å². The molecule has 0 amide bonds. The lowest BCUT2D eigenvalue weighted by atomic mass is 10.3. The summed E-state index contributed by atoms with van der Waals surface area (Å²) in [5, 5.41) is 19.5. The Balaban J connectivity index is 1.85. The van der Waals surface area contributed by atoms with Crippen LogP contribution in [0.15, 0.2) is 69.3 Å². The van der Waals surface area contributed by atoms with Crippen LogP contribution in [0, 0.1) is 10.1 Å². The maximum atomic E-state index is 12.5. The Bertz CT molecular complexity index is 1110. The van der Waals surface area contributed by atoms with Gasteiger partial charge in [0.1, 0.15) is 5.69 Å². The Labute approximate surface area is 169 Å². The molecule has 0 radical (unpaired) electrons. The second kappa shape index (κ2) is 8.38. The number of hydrogen-bond donors (Lipinski definition) is 2. The first-order chi connectivity index (χ1) is 13.3. The van der Waals surface area contributed by atoms with Gasteiger partial charge in [-0.25, -0.2) is 8.42 Å². The van der Waals surface area contributed by atoms with Gasteiger partial charge >= 0.3 is 0 Å². The average molecular weight is 437 g/mol. The smallest absolute Gasteiger partial charge is 0.280 e. The first kappa shape index (κ1) is 19.8. The van der Waals surface area contributed by atoms with Crippen molar-refractivity contribution in [3.05, 3.63) is 80.0 Å². The zero-order valence-electron chi connectivity index (χ0n) is 14.1. The van der Waals surface area contributed by atoms with E-state index in [1.54, 1.807) is 0 Å². The van der Waals surface area contributed by atoms with E-state index in [0.717, 1.165) is 11.6 Å². The molecular weight excluding hydrogens is 424 g/mol. The van der Waals surface area contributed by atoms with Crippen LogP contribution < -0.4 is 10.1 Å². The molecule has 0 aliphatic carbocycles. The van der Waals surface area contributed by atoms with Gasteiger partial charge < -0.3 is 0 Å². The fraction of sp³-hybridized carbons (Fsp3) is 0. The van der Waals surface area contributed by atoms with Crippen molar-refractivity contribution in [3.8, 4) is 0 Å². The highest BCUT2D eigenvalue weighted by atomic mass is 35.5. The molecule has 144 valence electrons. The van der Waals surface area contributed by atoms with Gasteiger partial charge in [-0.15, -0.1) is 0 Å². The number of hydrazone groups is 1. The van der Waals surface area contributed by atoms with Gasteiger partial charge in [-0.1, -0.05) is 11.6 Å². The third-order valence-electron chi connectivity index (χ3n) is 3.51. The molecular formula is C17H13ClN4O4S2. The van der Waals surface area contributed by atoms with Crippen molar-refractivity contribution in [1.29, 1.82) is 0 Å². The molecule has 0 bridgehead atoms. The van der Waals surface area contributed by atoms with E-state index in [1.165, 1.54) is 53.9 Å². The second-order valence-corrected chi connectivity index (χ2v) is 8.37. The lowest BCUT2D eigenvalue weighted by Gasteiger charge is -2.09. The summed E-state index contributed by atoms with van der Waals surface area (Å²) < 4.78 is 27.4. The number of nitrogens with one attached hydrogen (secondary N) is 2. The molecule has 0 aliphatic rings. The Morgan fingerprint density at radius 1 is 1.14 bits per heavy atom. The summed E-state index contributed by atoms with van der Waals surface area (Å²) >= 11 is 7.27. The standard InChI is InChI=1S/C17H13ClN4O4S2/c18-13-1-3-14(4-2-13)21-28(25,26)15-5-6-16(17(9-15)22(23)24)20-19-10-12-7-8-27-11-12/h1-11,20-21H. The largest absolute Gasteiger partial charge is 0.295 e. The quantitative estimate of drug-likeness (QED) is 0.320. The number of rotatable bonds is 7. The van der Waals surface area contributed by atoms with Gasteiger partial charge in [-0.3, -0.25) is 20.3 Å². The molecule has 0 spiro atoms. The Hall–Kier alpha value is -2.95. The summed E-state index contributed by atoms with van der Waals surface area (Å²) in [5.41, 5.74) is 3.35. The number of anilines is 2.